The fraction of sp³-hybridized carbons (Fsp3) is 0.556. The summed E-state index contributed by atoms with van der Waals surface area (Å²) in [7, 11) is 3.01. The lowest BCUT2D eigenvalue weighted by Gasteiger charge is -2.15. The molecule has 0 spiro atoms. The van der Waals surface area contributed by atoms with Gasteiger partial charge in [-0.05, 0) is 19.4 Å². The summed E-state index contributed by atoms with van der Waals surface area (Å²) in [5.41, 5.74) is 0.376. The first-order valence-corrected chi connectivity index (χ1v) is 8.55. The van der Waals surface area contributed by atoms with Crippen LogP contribution >= 0.6 is 0 Å². The minimum Gasteiger partial charge on any atom is -0.465 e. The minimum atomic E-state index is -0.452. The maximum Gasteiger partial charge on any atom is 0.341 e. The first-order chi connectivity index (χ1) is 12.3. The summed E-state index contributed by atoms with van der Waals surface area (Å²) < 4.78 is 15.4. The van der Waals surface area contributed by atoms with Crippen molar-refractivity contribution >= 4 is 11.9 Å². The number of aryl methyl sites for hydroxylation is 2. The number of aromatic nitrogens is 2. The molecule has 0 N–H and O–H groups in total. The molecule has 0 aliphatic carbocycles. The van der Waals surface area contributed by atoms with E-state index in [-0.39, 0.29) is 18.4 Å². The van der Waals surface area contributed by atoms with Crippen LogP contribution in [-0.4, -0.2) is 41.1 Å². The molecule has 26 heavy (non-hydrogen) atoms. The van der Waals surface area contributed by atoms with Crippen molar-refractivity contribution in [2.24, 2.45) is 0 Å². The highest BCUT2D eigenvalue weighted by Gasteiger charge is 2.18. The number of nitrogens with zero attached hydrogens (tertiary/aromatic N) is 3. The number of hydrogen-bond acceptors (Lipinski definition) is 7. The minimum absolute atomic E-state index is 0.0257. The van der Waals surface area contributed by atoms with Crippen LogP contribution in [0.4, 0.5) is 0 Å². The van der Waals surface area contributed by atoms with Gasteiger partial charge in [-0.25, -0.2) is 4.79 Å². The van der Waals surface area contributed by atoms with Crippen molar-refractivity contribution in [3.63, 3.8) is 0 Å². The van der Waals surface area contributed by atoms with E-state index in [0.717, 1.165) is 0 Å². The quantitative estimate of drug-likeness (QED) is 0.665. The number of amides is 1. The molecule has 2 heterocycles. The first-order valence-electron chi connectivity index (χ1n) is 8.55. The fourth-order valence-electron chi connectivity index (χ4n) is 2.44. The van der Waals surface area contributed by atoms with E-state index in [2.05, 4.69) is 10.1 Å². The maximum absolute atomic E-state index is 12.3. The van der Waals surface area contributed by atoms with E-state index in [4.69, 9.17) is 13.7 Å². The van der Waals surface area contributed by atoms with Crippen LogP contribution in [0.2, 0.25) is 0 Å². The Kier molecular flexibility index (Phi) is 6.54. The standard InChI is InChI=1S/C18H25N3O5/c1-11(2)17-19-15(26-20-17)7-6-8-16(22)21(4)10-13-9-14(12(3)25-13)18(23)24-5/h9,11H,6-8,10H2,1-5H3. The average Bonchev–Trinajstić information content (AvgIpc) is 3.21. The van der Waals surface area contributed by atoms with Crippen LogP contribution < -0.4 is 0 Å². The van der Waals surface area contributed by atoms with Crippen molar-refractivity contribution in [2.45, 2.75) is 52.5 Å². The van der Waals surface area contributed by atoms with E-state index < -0.39 is 5.97 Å². The highest BCUT2D eigenvalue weighted by atomic mass is 16.5. The summed E-state index contributed by atoms with van der Waals surface area (Å²) in [6.07, 6.45) is 1.54. The van der Waals surface area contributed by atoms with Gasteiger partial charge in [0.2, 0.25) is 11.8 Å². The van der Waals surface area contributed by atoms with Gasteiger partial charge in [0.1, 0.15) is 17.1 Å². The Morgan fingerprint density at radius 3 is 2.69 bits per heavy atom. The largest absolute Gasteiger partial charge is 0.465 e. The van der Waals surface area contributed by atoms with Gasteiger partial charge in [-0.15, -0.1) is 0 Å². The third kappa shape index (κ3) is 4.93. The second-order valence-electron chi connectivity index (χ2n) is 6.48. The Morgan fingerprint density at radius 1 is 1.35 bits per heavy atom. The molecule has 2 aromatic rings. The van der Waals surface area contributed by atoms with Gasteiger partial charge in [0, 0.05) is 25.8 Å². The number of carbonyl (C=O) groups is 2. The lowest BCUT2D eigenvalue weighted by molar-refractivity contribution is -0.130. The number of hydrogen-bond donors (Lipinski definition) is 0. The summed E-state index contributed by atoms with van der Waals surface area (Å²) >= 11 is 0. The summed E-state index contributed by atoms with van der Waals surface area (Å²) in [5.74, 6) is 1.98. The van der Waals surface area contributed by atoms with E-state index >= 15 is 0 Å². The van der Waals surface area contributed by atoms with Crippen molar-refractivity contribution in [1.82, 2.24) is 15.0 Å². The Hall–Kier alpha value is -2.64. The Morgan fingerprint density at radius 2 is 2.08 bits per heavy atom. The summed E-state index contributed by atoms with van der Waals surface area (Å²) in [5, 5.41) is 3.90. The molecule has 8 heteroatoms. The lowest BCUT2D eigenvalue weighted by atomic mass is 10.2. The molecule has 0 aliphatic heterocycles. The number of rotatable bonds is 8. The normalized spacial score (nSPS) is 11.0. The monoisotopic (exact) mass is 363 g/mol. The molecule has 8 nitrogen and oxygen atoms in total. The van der Waals surface area contributed by atoms with Crippen LogP contribution in [0.3, 0.4) is 0 Å². The number of methoxy groups -OCH3 is 1. The molecule has 2 rings (SSSR count). The Balaban J connectivity index is 1.82. The highest BCUT2D eigenvalue weighted by Crippen LogP contribution is 2.17. The van der Waals surface area contributed by atoms with Crippen molar-refractivity contribution in [1.29, 1.82) is 0 Å². The smallest absolute Gasteiger partial charge is 0.341 e. The van der Waals surface area contributed by atoms with Crippen LogP contribution in [-0.2, 0) is 22.5 Å². The molecule has 0 atom stereocenters. The predicted octanol–water partition coefficient (Wildman–Crippen LogP) is 2.86. The zero-order valence-electron chi connectivity index (χ0n) is 15.9. The van der Waals surface area contributed by atoms with E-state index in [9.17, 15) is 9.59 Å². The molecule has 0 aromatic carbocycles. The van der Waals surface area contributed by atoms with E-state index in [0.29, 0.717) is 48.1 Å². The second kappa shape index (κ2) is 8.64. The van der Waals surface area contributed by atoms with Crippen LogP contribution in [0, 0.1) is 6.92 Å². The van der Waals surface area contributed by atoms with Crippen LogP contribution in [0.1, 0.15) is 66.2 Å². The summed E-state index contributed by atoms with van der Waals surface area (Å²) in [6, 6.07) is 1.61. The predicted molar refractivity (Wildman–Crippen MR) is 92.6 cm³/mol. The van der Waals surface area contributed by atoms with Crippen LogP contribution in [0.15, 0.2) is 15.0 Å². The van der Waals surface area contributed by atoms with Gasteiger partial charge in [-0.2, -0.15) is 4.98 Å². The van der Waals surface area contributed by atoms with Crippen molar-refractivity contribution in [3.8, 4) is 0 Å². The zero-order valence-corrected chi connectivity index (χ0v) is 15.9. The number of furan rings is 1. The third-order valence-corrected chi connectivity index (χ3v) is 3.97. The highest BCUT2D eigenvalue weighted by molar-refractivity contribution is 5.90. The van der Waals surface area contributed by atoms with E-state index in [1.54, 1.807) is 24.9 Å². The molecule has 0 saturated heterocycles. The molecule has 142 valence electrons. The van der Waals surface area contributed by atoms with Crippen molar-refractivity contribution in [3.05, 3.63) is 34.9 Å². The molecular formula is C18H25N3O5. The van der Waals surface area contributed by atoms with Gasteiger partial charge in [-0.3, -0.25) is 4.79 Å². The van der Waals surface area contributed by atoms with Gasteiger partial charge < -0.3 is 18.6 Å². The van der Waals surface area contributed by atoms with Crippen molar-refractivity contribution < 1.29 is 23.3 Å². The Labute approximate surface area is 152 Å². The van der Waals surface area contributed by atoms with Gasteiger partial charge >= 0.3 is 5.97 Å². The topological polar surface area (TPSA) is 98.7 Å². The molecule has 0 radical (unpaired) electrons. The molecular weight excluding hydrogens is 338 g/mol. The number of ether oxygens (including phenoxy) is 1. The summed E-state index contributed by atoms with van der Waals surface area (Å²) in [6.45, 7) is 5.96. The fourth-order valence-corrected chi connectivity index (χ4v) is 2.44. The van der Waals surface area contributed by atoms with E-state index in [1.807, 2.05) is 13.8 Å². The van der Waals surface area contributed by atoms with Gasteiger partial charge in [-0.1, -0.05) is 19.0 Å². The average molecular weight is 363 g/mol. The number of esters is 1. The first kappa shape index (κ1) is 19.7. The second-order valence-corrected chi connectivity index (χ2v) is 6.48. The third-order valence-electron chi connectivity index (χ3n) is 3.97. The summed E-state index contributed by atoms with van der Waals surface area (Å²) in [4.78, 5) is 29.7. The van der Waals surface area contributed by atoms with Crippen LogP contribution in [0.25, 0.3) is 0 Å². The Bertz CT molecular complexity index is 763. The molecule has 0 bridgehead atoms. The van der Waals surface area contributed by atoms with Gasteiger partial charge in [0.15, 0.2) is 5.82 Å². The van der Waals surface area contributed by atoms with Gasteiger partial charge in [0.05, 0.1) is 13.7 Å². The van der Waals surface area contributed by atoms with Crippen LogP contribution in [0.5, 0.6) is 0 Å². The number of carbonyl (C=O) groups excluding carboxylic acids is 2. The zero-order chi connectivity index (χ0) is 19.3. The SMILES string of the molecule is COC(=O)c1cc(CN(C)C(=O)CCCc2nc(C(C)C)no2)oc1C. The molecule has 0 aliphatic rings. The van der Waals surface area contributed by atoms with Gasteiger partial charge in [0.25, 0.3) is 0 Å². The molecule has 2 aromatic heterocycles. The molecule has 0 saturated carbocycles. The van der Waals surface area contributed by atoms with Crippen molar-refractivity contribution in [2.75, 3.05) is 14.2 Å². The maximum atomic E-state index is 12.3. The molecule has 0 unspecified atom stereocenters. The lowest BCUT2D eigenvalue weighted by Crippen LogP contribution is -2.25. The molecule has 1 amide bonds. The molecule has 0 fully saturated rings. The van der Waals surface area contributed by atoms with E-state index in [1.165, 1.54) is 7.11 Å².